The van der Waals surface area contributed by atoms with Crippen molar-refractivity contribution in [3.05, 3.63) is 18.0 Å². The molecule has 1 aromatic rings. The van der Waals surface area contributed by atoms with Gasteiger partial charge in [0.15, 0.2) is 0 Å². The van der Waals surface area contributed by atoms with Gasteiger partial charge in [-0.05, 0) is 13.3 Å². The SMILES string of the molecule is CC=N/C(=C\CCC(F)F)c1cn(C)nn1. The summed E-state index contributed by atoms with van der Waals surface area (Å²) in [7, 11) is 1.74. The number of aromatic nitrogens is 3. The number of halogens is 2. The van der Waals surface area contributed by atoms with Crippen molar-refractivity contribution in [1.29, 1.82) is 0 Å². The lowest BCUT2D eigenvalue weighted by Crippen LogP contribution is -1.89. The van der Waals surface area contributed by atoms with E-state index in [4.69, 9.17) is 0 Å². The molecule has 16 heavy (non-hydrogen) atoms. The summed E-state index contributed by atoms with van der Waals surface area (Å²) in [4.78, 5) is 4.08. The van der Waals surface area contributed by atoms with Gasteiger partial charge in [0.25, 0.3) is 0 Å². The van der Waals surface area contributed by atoms with E-state index in [0.717, 1.165) is 0 Å². The Bertz CT molecular complexity index is 382. The Balaban J connectivity index is 2.74. The van der Waals surface area contributed by atoms with E-state index >= 15 is 0 Å². The van der Waals surface area contributed by atoms with Crippen molar-refractivity contribution < 1.29 is 8.78 Å². The van der Waals surface area contributed by atoms with Gasteiger partial charge >= 0.3 is 0 Å². The van der Waals surface area contributed by atoms with Crippen LogP contribution in [-0.2, 0) is 7.05 Å². The van der Waals surface area contributed by atoms with Crippen LogP contribution in [0.25, 0.3) is 5.70 Å². The van der Waals surface area contributed by atoms with Gasteiger partial charge in [-0.2, -0.15) is 0 Å². The van der Waals surface area contributed by atoms with E-state index in [1.807, 2.05) is 0 Å². The zero-order valence-electron chi connectivity index (χ0n) is 9.27. The molecule has 0 amide bonds. The summed E-state index contributed by atoms with van der Waals surface area (Å²) < 4.78 is 25.5. The minimum Gasteiger partial charge on any atom is -0.259 e. The standard InChI is InChI=1S/C10H14F2N4/c1-3-13-8(5-4-6-10(11)12)9-7-16(2)15-14-9/h3,5,7,10H,4,6H2,1-2H3/b8-5-,13-3?. The van der Waals surface area contributed by atoms with Gasteiger partial charge in [-0.3, -0.25) is 9.67 Å². The molecule has 0 fully saturated rings. The largest absolute Gasteiger partial charge is 0.259 e. The molecule has 0 aliphatic heterocycles. The molecule has 0 spiro atoms. The molecule has 0 aliphatic carbocycles. The quantitative estimate of drug-likeness (QED) is 0.726. The maximum atomic E-state index is 12.0. The van der Waals surface area contributed by atoms with Crippen LogP contribution in [0.3, 0.4) is 0 Å². The Hall–Kier alpha value is -1.59. The normalized spacial score (nSPS) is 12.9. The van der Waals surface area contributed by atoms with Crippen LogP contribution >= 0.6 is 0 Å². The minimum atomic E-state index is -2.29. The zero-order chi connectivity index (χ0) is 12.0. The van der Waals surface area contributed by atoms with E-state index < -0.39 is 6.43 Å². The second kappa shape index (κ2) is 6.09. The summed E-state index contributed by atoms with van der Waals surface area (Å²) in [5.41, 5.74) is 1.17. The molecule has 1 aromatic heterocycles. The molecule has 0 radical (unpaired) electrons. The third-order valence-corrected chi connectivity index (χ3v) is 1.86. The zero-order valence-corrected chi connectivity index (χ0v) is 9.27. The van der Waals surface area contributed by atoms with E-state index in [1.165, 1.54) is 0 Å². The Morgan fingerprint density at radius 2 is 2.38 bits per heavy atom. The summed E-state index contributed by atoms with van der Waals surface area (Å²) in [5.74, 6) is 0. The number of alkyl halides is 2. The van der Waals surface area contributed by atoms with E-state index in [2.05, 4.69) is 15.3 Å². The molecule has 0 aliphatic rings. The van der Waals surface area contributed by atoms with Crippen LogP contribution in [0.5, 0.6) is 0 Å². The Morgan fingerprint density at radius 1 is 1.62 bits per heavy atom. The molecular formula is C10H14F2N4. The molecule has 1 rings (SSSR count). The van der Waals surface area contributed by atoms with Crippen molar-refractivity contribution >= 4 is 11.9 Å². The Morgan fingerprint density at radius 3 is 2.88 bits per heavy atom. The van der Waals surface area contributed by atoms with Crippen molar-refractivity contribution in [2.75, 3.05) is 0 Å². The third kappa shape index (κ3) is 3.88. The van der Waals surface area contributed by atoms with Gasteiger partial charge in [-0.1, -0.05) is 11.3 Å². The molecule has 0 aromatic carbocycles. The summed E-state index contributed by atoms with van der Waals surface area (Å²) in [6.45, 7) is 1.76. The Kier molecular flexibility index (Phi) is 4.75. The number of aryl methyl sites for hydroxylation is 1. The van der Waals surface area contributed by atoms with Crippen LogP contribution in [0, 0.1) is 0 Å². The van der Waals surface area contributed by atoms with Gasteiger partial charge in [0, 0.05) is 19.7 Å². The highest BCUT2D eigenvalue weighted by atomic mass is 19.3. The molecule has 0 atom stereocenters. The summed E-state index contributed by atoms with van der Waals surface area (Å²) in [6, 6.07) is 0. The first-order chi connectivity index (χ1) is 7.63. The first-order valence-corrected chi connectivity index (χ1v) is 4.97. The molecule has 6 heteroatoms. The molecule has 1 heterocycles. The first-order valence-electron chi connectivity index (χ1n) is 4.97. The summed E-state index contributed by atoms with van der Waals surface area (Å²) >= 11 is 0. The predicted molar refractivity (Wildman–Crippen MR) is 58.4 cm³/mol. The van der Waals surface area contributed by atoms with E-state index in [1.54, 1.807) is 37.1 Å². The topological polar surface area (TPSA) is 43.1 Å². The lowest BCUT2D eigenvalue weighted by Gasteiger charge is -1.97. The van der Waals surface area contributed by atoms with Gasteiger partial charge < -0.3 is 0 Å². The van der Waals surface area contributed by atoms with Gasteiger partial charge in [0.05, 0.1) is 11.9 Å². The molecule has 88 valence electrons. The van der Waals surface area contributed by atoms with E-state index in [-0.39, 0.29) is 12.8 Å². The van der Waals surface area contributed by atoms with Crippen LogP contribution in [0.1, 0.15) is 25.5 Å². The third-order valence-electron chi connectivity index (χ3n) is 1.86. The van der Waals surface area contributed by atoms with Crippen molar-refractivity contribution in [2.45, 2.75) is 26.2 Å². The van der Waals surface area contributed by atoms with E-state index in [0.29, 0.717) is 11.4 Å². The van der Waals surface area contributed by atoms with E-state index in [9.17, 15) is 8.78 Å². The van der Waals surface area contributed by atoms with Gasteiger partial charge in [0.1, 0.15) is 5.69 Å². The predicted octanol–water partition coefficient (Wildman–Crippen LogP) is 2.29. The molecular weight excluding hydrogens is 214 g/mol. The number of nitrogens with zero attached hydrogens (tertiary/aromatic N) is 4. The monoisotopic (exact) mass is 228 g/mol. The maximum absolute atomic E-state index is 12.0. The summed E-state index contributed by atoms with van der Waals surface area (Å²) in [5, 5.41) is 7.64. The Labute approximate surface area is 92.7 Å². The van der Waals surface area contributed by atoms with Crippen LogP contribution in [0.2, 0.25) is 0 Å². The average molecular weight is 228 g/mol. The lowest BCUT2D eigenvalue weighted by molar-refractivity contribution is 0.139. The fourth-order valence-electron chi connectivity index (χ4n) is 1.17. The van der Waals surface area contributed by atoms with Crippen molar-refractivity contribution in [3.63, 3.8) is 0 Å². The average Bonchev–Trinajstić information content (AvgIpc) is 2.63. The molecule has 0 saturated heterocycles. The second-order valence-corrected chi connectivity index (χ2v) is 3.22. The smallest absolute Gasteiger partial charge is 0.238 e. The minimum absolute atomic E-state index is 0.164. The van der Waals surface area contributed by atoms with Gasteiger partial charge in [-0.25, -0.2) is 8.78 Å². The molecule has 0 unspecified atom stereocenters. The number of hydrogen-bond acceptors (Lipinski definition) is 3. The van der Waals surface area contributed by atoms with Crippen molar-refractivity contribution in [3.8, 4) is 0 Å². The number of allylic oxidation sites excluding steroid dienone is 1. The van der Waals surface area contributed by atoms with Crippen molar-refractivity contribution in [1.82, 2.24) is 15.0 Å². The van der Waals surface area contributed by atoms with Crippen LogP contribution in [0.15, 0.2) is 17.3 Å². The molecule has 0 saturated carbocycles. The second-order valence-electron chi connectivity index (χ2n) is 3.22. The summed E-state index contributed by atoms with van der Waals surface area (Å²) in [6.07, 6.45) is 2.77. The number of rotatable bonds is 5. The van der Waals surface area contributed by atoms with Crippen LogP contribution in [0.4, 0.5) is 8.78 Å². The first kappa shape index (κ1) is 12.5. The van der Waals surface area contributed by atoms with Crippen LogP contribution in [-0.4, -0.2) is 27.6 Å². The highest BCUT2D eigenvalue weighted by molar-refractivity contribution is 5.70. The van der Waals surface area contributed by atoms with Crippen molar-refractivity contribution in [2.24, 2.45) is 12.0 Å². The lowest BCUT2D eigenvalue weighted by atomic mass is 10.2. The fraction of sp³-hybridized carbons (Fsp3) is 0.500. The molecule has 0 bridgehead atoms. The number of aliphatic imine (C=N–C) groups is 1. The highest BCUT2D eigenvalue weighted by Crippen LogP contribution is 2.14. The fourth-order valence-corrected chi connectivity index (χ4v) is 1.17. The number of hydrogen-bond donors (Lipinski definition) is 0. The molecule has 4 nitrogen and oxygen atoms in total. The molecule has 0 N–H and O–H groups in total. The maximum Gasteiger partial charge on any atom is 0.238 e. The van der Waals surface area contributed by atoms with Gasteiger partial charge in [0.2, 0.25) is 6.43 Å². The van der Waals surface area contributed by atoms with Crippen LogP contribution < -0.4 is 0 Å². The highest BCUT2D eigenvalue weighted by Gasteiger charge is 2.05. The van der Waals surface area contributed by atoms with Gasteiger partial charge in [-0.15, -0.1) is 5.10 Å².